The molecule has 0 bridgehead atoms. The van der Waals surface area contributed by atoms with Crippen LogP contribution in [0.4, 0.5) is 0 Å². The van der Waals surface area contributed by atoms with E-state index in [1.54, 1.807) is 0 Å². The number of hydrazine groups is 1. The molecule has 1 saturated heterocycles. The second-order valence-corrected chi connectivity index (χ2v) is 11.3. The standard InChI is InChI=1S/C32H37BrN4O5/c33-27-11-7-24(8-12-27)23-32(31(39)36-34-15-16-37-17-21-40-22-18-37)29(25-5-2-1-3-6-25)42-30(35-32)26-9-13-28(14-10-26)41-20-4-19-38/h1-3,5-14,29,34,38H,4,15-23H2,(H,36,39)/t29-,32-/m0/s1. The number of amides is 1. The highest BCUT2D eigenvalue weighted by molar-refractivity contribution is 9.10. The minimum absolute atomic E-state index is 0.0776. The number of hydrogen-bond acceptors (Lipinski definition) is 8. The molecular formula is C32H37BrN4O5. The fraction of sp³-hybridized carbons (Fsp3) is 0.375. The van der Waals surface area contributed by atoms with Gasteiger partial charge in [0.15, 0.2) is 11.6 Å². The van der Waals surface area contributed by atoms with Crippen LogP contribution in [0, 0.1) is 0 Å². The van der Waals surface area contributed by atoms with Crippen LogP contribution >= 0.6 is 15.9 Å². The van der Waals surface area contributed by atoms with E-state index >= 15 is 0 Å². The zero-order valence-electron chi connectivity index (χ0n) is 23.5. The van der Waals surface area contributed by atoms with Gasteiger partial charge in [0.25, 0.3) is 5.91 Å². The van der Waals surface area contributed by atoms with Crippen LogP contribution in [0.15, 0.2) is 88.3 Å². The van der Waals surface area contributed by atoms with Crippen molar-refractivity contribution in [2.45, 2.75) is 24.5 Å². The van der Waals surface area contributed by atoms with Crippen molar-refractivity contribution in [3.63, 3.8) is 0 Å². The molecule has 0 saturated carbocycles. The largest absolute Gasteiger partial charge is 0.494 e. The number of carbonyl (C=O) groups excluding carboxylic acids is 1. The van der Waals surface area contributed by atoms with E-state index in [-0.39, 0.29) is 12.5 Å². The number of ether oxygens (including phenoxy) is 3. The van der Waals surface area contributed by atoms with Gasteiger partial charge < -0.3 is 19.3 Å². The zero-order valence-corrected chi connectivity index (χ0v) is 25.1. The van der Waals surface area contributed by atoms with E-state index in [1.165, 1.54) is 0 Å². The van der Waals surface area contributed by atoms with Gasteiger partial charge in [-0.3, -0.25) is 15.1 Å². The van der Waals surface area contributed by atoms with Gasteiger partial charge in [0, 0.05) is 55.7 Å². The minimum Gasteiger partial charge on any atom is -0.494 e. The number of aliphatic hydroxyl groups excluding tert-OH is 1. The summed E-state index contributed by atoms with van der Waals surface area (Å²) in [5, 5.41) is 9.03. The van der Waals surface area contributed by atoms with Gasteiger partial charge in [-0.25, -0.2) is 10.4 Å². The fourth-order valence-corrected chi connectivity index (χ4v) is 5.38. The second kappa shape index (κ2) is 14.8. The number of hydrogen-bond donors (Lipinski definition) is 3. The van der Waals surface area contributed by atoms with Gasteiger partial charge in [-0.15, -0.1) is 0 Å². The average molecular weight is 638 g/mol. The van der Waals surface area contributed by atoms with Crippen LogP contribution in [0.1, 0.15) is 29.2 Å². The Morgan fingerprint density at radius 3 is 2.50 bits per heavy atom. The summed E-state index contributed by atoms with van der Waals surface area (Å²) < 4.78 is 18.7. The Bertz CT molecular complexity index is 1320. The van der Waals surface area contributed by atoms with Crippen molar-refractivity contribution in [2.75, 3.05) is 52.6 Å². The van der Waals surface area contributed by atoms with Crippen LogP contribution in [0.2, 0.25) is 0 Å². The molecule has 10 heteroatoms. The highest BCUT2D eigenvalue weighted by Crippen LogP contribution is 2.42. The van der Waals surface area contributed by atoms with Gasteiger partial charge in [-0.2, -0.15) is 0 Å². The van der Waals surface area contributed by atoms with E-state index in [9.17, 15) is 4.79 Å². The predicted molar refractivity (Wildman–Crippen MR) is 164 cm³/mol. The van der Waals surface area contributed by atoms with Crippen molar-refractivity contribution >= 4 is 27.7 Å². The highest BCUT2D eigenvalue weighted by atomic mass is 79.9. The summed E-state index contributed by atoms with van der Waals surface area (Å²) >= 11 is 3.51. The first-order chi connectivity index (χ1) is 20.6. The Hall–Kier alpha value is -3.28. The molecule has 0 unspecified atom stereocenters. The van der Waals surface area contributed by atoms with E-state index in [0.29, 0.717) is 37.6 Å². The molecule has 3 aromatic rings. The number of nitrogens with one attached hydrogen (secondary N) is 2. The summed E-state index contributed by atoms with van der Waals surface area (Å²) in [6.45, 7) is 5.11. The maximum atomic E-state index is 14.2. The smallest absolute Gasteiger partial charge is 0.266 e. The van der Waals surface area contributed by atoms with Gasteiger partial charge in [-0.05, 0) is 47.5 Å². The van der Waals surface area contributed by atoms with Gasteiger partial charge in [0.2, 0.25) is 5.90 Å². The third-order valence-corrected chi connectivity index (χ3v) is 7.91. The van der Waals surface area contributed by atoms with Crippen molar-refractivity contribution in [1.82, 2.24) is 15.8 Å². The Labute approximate surface area is 255 Å². The van der Waals surface area contributed by atoms with Gasteiger partial charge in [0.05, 0.1) is 19.8 Å². The number of benzene rings is 3. The maximum absolute atomic E-state index is 14.2. The molecule has 5 rings (SSSR count). The fourth-order valence-electron chi connectivity index (χ4n) is 5.11. The number of rotatable bonds is 13. The topological polar surface area (TPSA) is 105 Å². The molecule has 42 heavy (non-hydrogen) atoms. The lowest BCUT2D eigenvalue weighted by Crippen LogP contribution is -2.55. The number of aliphatic hydroxyl groups is 1. The molecule has 9 nitrogen and oxygen atoms in total. The molecule has 0 radical (unpaired) electrons. The predicted octanol–water partition coefficient (Wildman–Crippen LogP) is 3.66. The maximum Gasteiger partial charge on any atom is 0.266 e. The van der Waals surface area contributed by atoms with Crippen LogP contribution in [0.25, 0.3) is 0 Å². The number of nitrogens with zero attached hydrogens (tertiary/aromatic N) is 2. The normalized spacial score (nSPS) is 20.5. The van der Waals surface area contributed by atoms with E-state index in [0.717, 1.165) is 54.0 Å². The number of carbonyl (C=O) groups is 1. The molecule has 222 valence electrons. The van der Waals surface area contributed by atoms with Crippen molar-refractivity contribution < 1.29 is 24.1 Å². The second-order valence-electron chi connectivity index (χ2n) is 10.3. The van der Waals surface area contributed by atoms with Crippen LogP contribution < -0.4 is 15.6 Å². The van der Waals surface area contributed by atoms with E-state index < -0.39 is 11.6 Å². The monoisotopic (exact) mass is 636 g/mol. The van der Waals surface area contributed by atoms with Crippen molar-refractivity contribution in [3.05, 3.63) is 100 Å². The molecular weight excluding hydrogens is 600 g/mol. The summed E-state index contributed by atoms with van der Waals surface area (Å²) in [6, 6.07) is 25.1. The lowest BCUT2D eigenvalue weighted by molar-refractivity contribution is -0.130. The lowest BCUT2D eigenvalue weighted by atomic mass is 9.82. The van der Waals surface area contributed by atoms with Crippen molar-refractivity contribution in [2.24, 2.45) is 4.99 Å². The Morgan fingerprint density at radius 2 is 1.79 bits per heavy atom. The van der Waals surface area contributed by atoms with Gasteiger partial charge in [0.1, 0.15) is 5.75 Å². The summed E-state index contributed by atoms with van der Waals surface area (Å²) in [5.74, 6) is 0.820. The molecule has 2 aliphatic rings. The molecule has 1 amide bonds. The van der Waals surface area contributed by atoms with Crippen molar-refractivity contribution in [3.8, 4) is 5.75 Å². The summed E-state index contributed by atoms with van der Waals surface area (Å²) in [5.41, 5.74) is 7.40. The molecule has 3 N–H and O–H groups in total. The third-order valence-electron chi connectivity index (χ3n) is 7.38. The third kappa shape index (κ3) is 7.56. The molecule has 0 spiro atoms. The molecule has 0 aliphatic carbocycles. The van der Waals surface area contributed by atoms with E-state index in [1.807, 2.05) is 78.9 Å². The summed E-state index contributed by atoms with van der Waals surface area (Å²) in [4.78, 5) is 21.6. The Morgan fingerprint density at radius 1 is 1.05 bits per heavy atom. The molecule has 3 aromatic carbocycles. The quantitative estimate of drug-likeness (QED) is 0.194. The number of halogens is 1. The van der Waals surface area contributed by atoms with Gasteiger partial charge >= 0.3 is 0 Å². The number of aliphatic imine (C=N–C) groups is 1. The molecule has 2 heterocycles. The first-order valence-electron chi connectivity index (χ1n) is 14.3. The zero-order chi connectivity index (χ0) is 29.2. The lowest BCUT2D eigenvalue weighted by Gasteiger charge is -2.31. The number of morpholine rings is 1. The van der Waals surface area contributed by atoms with Crippen molar-refractivity contribution in [1.29, 1.82) is 0 Å². The first-order valence-corrected chi connectivity index (χ1v) is 15.1. The van der Waals surface area contributed by atoms with Crippen LogP contribution in [0.5, 0.6) is 5.75 Å². The first kappa shape index (κ1) is 30.2. The minimum atomic E-state index is -1.27. The van der Waals surface area contributed by atoms with Crippen LogP contribution in [-0.4, -0.2) is 80.0 Å². The highest BCUT2D eigenvalue weighted by Gasteiger charge is 2.53. The molecule has 2 aliphatic heterocycles. The Balaban J connectivity index is 1.43. The molecule has 2 atom stereocenters. The van der Waals surface area contributed by atoms with Gasteiger partial charge in [-0.1, -0.05) is 58.4 Å². The Kier molecular flexibility index (Phi) is 10.6. The van der Waals surface area contributed by atoms with E-state index in [4.69, 9.17) is 24.3 Å². The van der Waals surface area contributed by atoms with E-state index in [2.05, 4.69) is 31.7 Å². The molecule has 0 aromatic heterocycles. The average Bonchev–Trinajstić information content (AvgIpc) is 3.42. The summed E-state index contributed by atoms with van der Waals surface area (Å²) in [6.07, 6.45) is 0.242. The van der Waals surface area contributed by atoms with Crippen LogP contribution in [0.3, 0.4) is 0 Å². The molecule has 1 fully saturated rings. The SMILES string of the molecule is O=C(NNCCN1CCOCC1)[C@@]1(Cc2ccc(Br)cc2)N=C(c2ccc(OCCCO)cc2)O[C@H]1c1ccccc1. The van der Waals surface area contributed by atoms with Crippen LogP contribution in [-0.2, 0) is 20.7 Å². The summed E-state index contributed by atoms with van der Waals surface area (Å²) in [7, 11) is 0.